The highest BCUT2D eigenvalue weighted by atomic mass is 16.5. The maximum Gasteiger partial charge on any atom is 0.186 e. The number of rotatable bonds is 4. The average molecular weight is 318 g/mol. The van der Waals surface area contributed by atoms with Gasteiger partial charge in [0.05, 0.1) is 0 Å². The zero-order chi connectivity index (χ0) is 16.5. The predicted molar refractivity (Wildman–Crippen MR) is 93.0 cm³/mol. The van der Waals surface area contributed by atoms with E-state index in [2.05, 4.69) is 48.5 Å². The number of hydrogen-bond donors (Lipinski definition) is 2. The van der Waals surface area contributed by atoms with E-state index in [1.54, 1.807) is 0 Å². The van der Waals surface area contributed by atoms with Crippen LogP contribution in [0.4, 0.5) is 0 Å². The van der Waals surface area contributed by atoms with Crippen molar-refractivity contribution in [2.45, 2.75) is 12.2 Å². The Morgan fingerprint density at radius 2 is 1.21 bits per heavy atom. The van der Waals surface area contributed by atoms with Crippen LogP contribution < -0.4 is 4.74 Å². The molecule has 0 spiro atoms. The van der Waals surface area contributed by atoms with Crippen molar-refractivity contribution in [1.82, 2.24) is 0 Å². The Bertz CT molecular complexity index is 825. The van der Waals surface area contributed by atoms with Crippen LogP contribution in [0.2, 0.25) is 0 Å². The van der Waals surface area contributed by atoms with E-state index in [9.17, 15) is 0 Å². The molecule has 0 fully saturated rings. The van der Waals surface area contributed by atoms with Crippen LogP contribution in [0.15, 0.2) is 72.8 Å². The molecule has 1 aliphatic rings. The number of para-hydroxylation sites is 1. The van der Waals surface area contributed by atoms with Gasteiger partial charge >= 0.3 is 0 Å². The number of ether oxygens (including phenoxy) is 1. The Morgan fingerprint density at radius 3 is 1.79 bits per heavy atom. The van der Waals surface area contributed by atoms with Gasteiger partial charge < -0.3 is 14.9 Å². The summed E-state index contributed by atoms with van der Waals surface area (Å²) in [5.41, 5.74) is 6.03. The number of benzene rings is 3. The fourth-order valence-corrected chi connectivity index (χ4v) is 3.51. The van der Waals surface area contributed by atoms with Crippen LogP contribution in [0.25, 0.3) is 11.1 Å². The highest BCUT2D eigenvalue weighted by Crippen LogP contribution is 2.49. The number of aliphatic hydroxyl groups is 2. The van der Waals surface area contributed by atoms with E-state index in [1.165, 1.54) is 22.3 Å². The number of aliphatic hydroxyl groups excluding tert-OH is 1. The molecule has 0 amide bonds. The zero-order valence-electron chi connectivity index (χ0n) is 13.1. The molecule has 0 unspecified atom stereocenters. The van der Waals surface area contributed by atoms with Gasteiger partial charge in [-0.3, -0.25) is 0 Å². The summed E-state index contributed by atoms with van der Waals surface area (Å²) in [6.07, 6.45) is -1.48. The molecule has 1 aliphatic carbocycles. The molecule has 3 nitrogen and oxygen atoms in total. The lowest BCUT2D eigenvalue weighted by Crippen LogP contribution is -2.17. The second-order valence-corrected chi connectivity index (χ2v) is 5.94. The Kier molecular flexibility index (Phi) is 3.81. The second kappa shape index (κ2) is 6.11. The molecule has 0 aliphatic heterocycles. The number of hydrogen-bond acceptors (Lipinski definition) is 3. The molecule has 0 atom stereocenters. The first-order valence-electron chi connectivity index (χ1n) is 8.02. The van der Waals surface area contributed by atoms with Gasteiger partial charge in [-0.15, -0.1) is 0 Å². The van der Waals surface area contributed by atoms with Crippen LogP contribution in [-0.4, -0.2) is 23.1 Å². The van der Waals surface area contributed by atoms with Gasteiger partial charge in [-0.25, -0.2) is 0 Å². The molecule has 3 aromatic rings. The van der Waals surface area contributed by atoms with Gasteiger partial charge in [-0.2, -0.15) is 0 Å². The van der Waals surface area contributed by atoms with Gasteiger partial charge in [-0.1, -0.05) is 66.7 Å². The van der Waals surface area contributed by atoms with Crippen molar-refractivity contribution in [1.29, 1.82) is 0 Å². The largest absolute Gasteiger partial charge is 0.488 e. The summed E-state index contributed by atoms with van der Waals surface area (Å²) in [6.45, 7) is -0.146. The van der Waals surface area contributed by atoms with Gasteiger partial charge in [0.2, 0.25) is 0 Å². The van der Waals surface area contributed by atoms with Crippen LogP contribution in [0.5, 0.6) is 5.75 Å². The van der Waals surface area contributed by atoms with Gasteiger partial charge in [0, 0.05) is 11.5 Å². The summed E-state index contributed by atoms with van der Waals surface area (Å²) >= 11 is 0. The lowest BCUT2D eigenvalue weighted by Gasteiger charge is -2.19. The maximum atomic E-state index is 9.12. The molecule has 0 aromatic heterocycles. The minimum Gasteiger partial charge on any atom is -0.488 e. The molecule has 120 valence electrons. The zero-order valence-corrected chi connectivity index (χ0v) is 13.1. The lowest BCUT2D eigenvalue weighted by atomic mass is 9.89. The minimum absolute atomic E-state index is 0.0874. The summed E-state index contributed by atoms with van der Waals surface area (Å²) in [5.74, 6) is 0.770. The molecule has 0 bridgehead atoms. The average Bonchev–Trinajstić information content (AvgIpc) is 2.95. The molecule has 4 rings (SSSR count). The monoisotopic (exact) mass is 318 g/mol. The minimum atomic E-state index is -1.48. The highest BCUT2D eigenvalue weighted by molar-refractivity contribution is 5.81. The molecule has 3 heteroatoms. The van der Waals surface area contributed by atoms with E-state index in [1.807, 2.05) is 24.3 Å². The first-order valence-corrected chi connectivity index (χ1v) is 8.02. The maximum absolute atomic E-state index is 9.12. The molecule has 0 saturated heterocycles. The van der Waals surface area contributed by atoms with E-state index >= 15 is 0 Å². The van der Waals surface area contributed by atoms with Crippen molar-refractivity contribution in [3.8, 4) is 16.9 Å². The van der Waals surface area contributed by atoms with Crippen molar-refractivity contribution >= 4 is 0 Å². The van der Waals surface area contributed by atoms with Crippen LogP contribution in [-0.2, 0) is 0 Å². The van der Waals surface area contributed by atoms with E-state index in [0.29, 0.717) is 5.75 Å². The van der Waals surface area contributed by atoms with Crippen LogP contribution in [0.3, 0.4) is 0 Å². The normalized spacial score (nSPS) is 13.0. The highest BCUT2D eigenvalue weighted by Gasteiger charge is 2.31. The van der Waals surface area contributed by atoms with Gasteiger partial charge in [0.25, 0.3) is 0 Å². The first-order chi connectivity index (χ1) is 11.8. The van der Waals surface area contributed by atoms with Crippen molar-refractivity contribution < 1.29 is 14.9 Å². The molecule has 0 radical (unpaired) electrons. The third-order valence-corrected chi connectivity index (χ3v) is 4.45. The van der Waals surface area contributed by atoms with Crippen LogP contribution in [0.1, 0.15) is 22.6 Å². The molecule has 0 saturated carbocycles. The second-order valence-electron chi connectivity index (χ2n) is 5.94. The van der Waals surface area contributed by atoms with Crippen molar-refractivity contribution in [3.05, 3.63) is 89.5 Å². The van der Waals surface area contributed by atoms with E-state index in [4.69, 9.17) is 14.9 Å². The summed E-state index contributed by atoms with van der Waals surface area (Å²) in [7, 11) is 0. The number of fused-ring (bicyclic) bond motifs is 3. The third kappa shape index (κ3) is 2.48. The molecular weight excluding hydrogens is 300 g/mol. The lowest BCUT2D eigenvalue weighted by molar-refractivity contribution is -0.0682. The molecule has 3 aromatic carbocycles. The van der Waals surface area contributed by atoms with Gasteiger partial charge in [0.1, 0.15) is 12.4 Å². The van der Waals surface area contributed by atoms with Crippen molar-refractivity contribution in [3.63, 3.8) is 0 Å². The van der Waals surface area contributed by atoms with Crippen molar-refractivity contribution in [2.75, 3.05) is 6.61 Å². The topological polar surface area (TPSA) is 49.7 Å². The smallest absolute Gasteiger partial charge is 0.186 e. The fourth-order valence-electron chi connectivity index (χ4n) is 3.51. The van der Waals surface area contributed by atoms with E-state index in [0.717, 1.165) is 5.56 Å². The third-order valence-electron chi connectivity index (χ3n) is 4.45. The predicted octanol–water partition coefficient (Wildman–Crippen LogP) is 3.54. The van der Waals surface area contributed by atoms with Crippen molar-refractivity contribution in [2.24, 2.45) is 0 Å². The Hall–Kier alpha value is -2.62. The van der Waals surface area contributed by atoms with Gasteiger partial charge in [0.15, 0.2) is 6.29 Å². The molecule has 0 heterocycles. The fraction of sp³-hybridized carbons (Fsp3) is 0.143. The molecule has 24 heavy (non-hydrogen) atoms. The Labute approximate surface area is 140 Å². The van der Waals surface area contributed by atoms with Gasteiger partial charge in [-0.05, 0) is 28.3 Å². The standard InChI is InChI=1S/C21H18O3/c22-20(23)13-24-19-12-6-5-11-18(19)21-16-9-3-1-7-14(16)15-8-2-4-10-17(15)21/h1-12,20-23H,13H2. The van der Waals surface area contributed by atoms with E-state index < -0.39 is 6.29 Å². The molecular formula is C21H18O3. The SMILES string of the molecule is OC(O)COc1ccccc1C1c2ccccc2-c2ccccc21. The summed E-state index contributed by atoms with van der Waals surface area (Å²) in [4.78, 5) is 0. The summed E-state index contributed by atoms with van der Waals surface area (Å²) < 4.78 is 5.64. The van der Waals surface area contributed by atoms with Crippen LogP contribution >= 0.6 is 0 Å². The Morgan fingerprint density at radius 1 is 0.708 bits per heavy atom. The summed E-state index contributed by atoms with van der Waals surface area (Å²) in [6, 6.07) is 24.6. The first kappa shape index (κ1) is 14.9. The van der Waals surface area contributed by atoms with E-state index in [-0.39, 0.29) is 12.5 Å². The Balaban J connectivity index is 1.86. The molecule has 2 N–H and O–H groups in total. The summed E-state index contributed by atoms with van der Waals surface area (Å²) in [5, 5.41) is 18.2. The van der Waals surface area contributed by atoms with Crippen LogP contribution in [0, 0.1) is 0 Å². The quantitative estimate of drug-likeness (QED) is 0.566.